The number of nitrogens with two attached hydrogens (primary N) is 1. The average molecular weight is 300 g/mol. The van der Waals surface area contributed by atoms with Gasteiger partial charge in [-0.05, 0) is 45.0 Å². The zero-order chi connectivity index (χ0) is 16.1. The van der Waals surface area contributed by atoms with Gasteiger partial charge in [0.25, 0.3) is 0 Å². The molecule has 2 amide bonds. The maximum absolute atomic E-state index is 12.3. The fraction of sp³-hybridized carbons (Fsp3) is 0.438. The molecule has 0 radical (unpaired) electrons. The van der Waals surface area contributed by atoms with Gasteiger partial charge in [0.05, 0.1) is 17.3 Å². The highest BCUT2D eigenvalue weighted by Gasteiger charge is 2.28. The molecular weight excluding hydrogens is 280 g/mol. The Labute approximate surface area is 129 Å². The van der Waals surface area contributed by atoms with E-state index in [-0.39, 0.29) is 23.8 Å². The molecule has 0 saturated carbocycles. The van der Waals surface area contributed by atoms with E-state index in [1.165, 1.54) is 0 Å². The molecule has 1 aromatic rings. The van der Waals surface area contributed by atoms with Crippen LogP contribution in [0.2, 0.25) is 0 Å². The quantitative estimate of drug-likeness (QED) is 0.869. The number of para-hydroxylation sites is 1. The number of nitrogens with one attached hydrogen (secondary N) is 1. The fourth-order valence-corrected chi connectivity index (χ4v) is 2.66. The maximum Gasteiger partial charge on any atom is 0.241 e. The lowest BCUT2D eigenvalue weighted by molar-refractivity contribution is -0.124. The first-order valence-corrected chi connectivity index (χ1v) is 7.36. The number of amides is 2. The van der Waals surface area contributed by atoms with Crippen LogP contribution in [0, 0.1) is 17.2 Å². The van der Waals surface area contributed by atoms with Crippen molar-refractivity contribution in [1.82, 2.24) is 4.90 Å². The number of nitriles is 1. The SMILES string of the molecule is CC(C(=O)Nc1ccccc1C#N)N1CCC(C(N)=O)CC1. The predicted octanol–water partition coefficient (Wildman–Crippen LogP) is 1.08. The molecule has 0 aromatic heterocycles. The first-order valence-electron chi connectivity index (χ1n) is 7.36. The number of hydrogen-bond acceptors (Lipinski definition) is 4. The Kier molecular flexibility index (Phi) is 5.12. The van der Waals surface area contributed by atoms with Gasteiger partial charge >= 0.3 is 0 Å². The lowest BCUT2D eigenvalue weighted by Gasteiger charge is -2.34. The van der Waals surface area contributed by atoms with Crippen molar-refractivity contribution in [3.63, 3.8) is 0 Å². The third-order valence-corrected chi connectivity index (χ3v) is 4.16. The molecule has 6 heteroatoms. The molecule has 1 unspecified atom stereocenters. The summed E-state index contributed by atoms with van der Waals surface area (Å²) in [6, 6.07) is 8.65. The van der Waals surface area contributed by atoms with Crippen molar-refractivity contribution < 1.29 is 9.59 Å². The maximum atomic E-state index is 12.3. The Hall–Kier alpha value is -2.39. The third-order valence-electron chi connectivity index (χ3n) is 4.16. The van der Waals surface area contributed by atoms with Gasteiger partial charge < -0.3 is 11.1 Å². The Balaban J connectivity index is 1.96. The van der Waals surface area contributed by atoms with Gasteiger partial charge in [0, 0.05) is 5.92 Å². The Morgan fingerprint density at radius 2 is 2.00 bits per heavy atom. The molecule has 1 atom stereocenters. The van der Waals surface area contributed by atoms with E-state index in [4.69, 9.17) is 11.0 Å². The van der Waals surface area contributed by atoms with Crippen LogP contribution in [-0.4, -0.2) is 35.8 Å². The fourth-order valence-electron chi connectivity index (χ4n) is 2.66. The van der Waals surface area contributed by atoms with Crippen molar-refractivity contribution >= 4 is 17.5 Å². The van der Waals surface area contributed by atoms with Crippen LogP contribution in [0.3, 0.4) is 0 Å². The molecule has 1 fully saturated rings. The van der Waals surface area contributed by atoms with Gasteiger partial charge in [0.15, 0.2) is 0 Å². The van der Waals surface area contributed by atoms with Crippen LogP contribution in [-0.2, 0) is 9.59 Å². The molecule has 1 aliphatic rings. The van der Waals surface area contributed by atoms with Crippen molar-refractivity contribution in [2.24, 2.45) is 11.7 Å². The summed E-state index contributed by atoms with van der Waals surface area (Å²) < 4.78 is 0. The highest BCUT2D eigenvalue weighted by Crippen LogP contribution is 2.20. The highest BCUT2D eigenvalue weighted by molar-refractivity contribution is 5.95. The van der Waals surface area contributed by atoms with Crippen molar-refractivity contribution in [3.05, 3.63) is 29.8 Å². The normalized spacial score (nSPS) is 17.5. The summed E-state index contributed by atoms with van der Waals surface area (Å²) in [6.07, 6.45) is 1.36. The second-order valence-electron chi connectivity index (χ2n) is 5.54. The number of rotatable bonds is 4. The van der Waals surface area contributed by atoms with Crippen LogP contribution in [0.1, 0.15) is 25.3 Å². The van der Waals surface area contributed by atoms with Gasteiger partial charge in [-0.1, -0.05) is 12.1 Å². The molecule has 3 N–H and O–H groups in total. The highest BCUT2D eigenvalue weighted by atomic mass is 16.2. The van der Waals surface area contributed by atoms with Gasteiger partial charge in [-0.15, -0.1) is 0 Å². The summed E-state index contributed by atoms with van der Waals surface area (Å²) in [5.74, 6) is -0.509. The van der Waals surface area contributed by atoms with Crippen LogP contribution in [0.15, 0.2) is 24.3 Å². The molecule has 22 heavy (non-hydrogen) atoms. The third kappa shape index (κ3) is 3.62. The molecule has 0 spiro atoms. The van der Waals surface area contributed by atoms with E-state index >= 15 is 0 Å². The number of nitrogens with zero attached hydrogens (tertiary/aromatic N) is 2. The van der Waals surface area contributed by atoms with Crippen LogP contribution in [0.25, 0.3) is 0 Å². The molecule has 1 saturated heterocycles. The molecule has 2 rings (SSSR count). The van der Waals surface area contributed by atoms with Crippen LogP contribution >= 0.6 is 0 Å². The van der Waals surface area contributed by atoms with Crippen molar-refractivity contribution in [2.45, 2.75) is 25.8 Å². The standard InChI is InChI=1S/C16H20N4O2/c1-11(20-8-6-12(7-9-20)15(18)21)16(22)19-14-5-3-2-4-13(14)10-17/h2-5,11-12H,6-9H2,1H3,(H2,18,21)(H,19,22). The summed E-state index contributed by atoms with van der Waals surface area (Å²) in [4.78, 5) is 25.5. The van der Waals surface area contributed by atoms with Crippen LogP contribution < -0.4 is 11.1 Å². The first-order chi connectivity index (χ1) is 10.5. The summed E-state index contributed by atoms with van der Waals surface area (Å²) >= 11 is 0. The minimum Gasteiger partial charge on any atom is -0.369 e. The van der Waals surface area contributed by atoms with E-state index in [1.807, 2.05) is 11.8 Å². The number of piperidine rings is 1. The Bertz CT molecular complexity index is 600. The minimum absolute atomic E-state index is 0.0918. The second kappa shape index (κ2) is 7.05. The van der Waals surface area contributed by atoms with Crippen LogP contribution in [0.4, 0.5) is 5.69 Å². The largest absolute Gasteiger partial charge is 0.369 e. The van der Waals surface area contributed by atoms with Gasteiger partial charge in [0.1, 0.15) is 6.07 Å². The molecule has 0 bridgehead atoms. The van der Waals surface area contributed by atoms with Crippen molar-refractivity contribution in [1.29, 1.82) is 5.26 Å². The number of benzene rings is 1. The predicted molar refractivity (Wildman–Crippen MR) is 82.7 cm³/mol. The minimum atomic E-state index is -0.319. The van der Waals surface area contributed by atoms with Gasteiger partial charge in [-0.2, -0.15) is 5.26 Å². The van der Waals surface area contributed by atoms with Gasteiger partial charge in [-0.25, -0.2) is 0 Å². The smallest absolute Gasteiger partial charge is 0.241 e. The van der Waals surface area contributed by atoms with E-state index in [2.05, 4.69) is 11.4 Å². The van der Waals surface area contributed by atoms with Crippen molar-refractivity contribution in [3.8, 4) is 6.07 Å². The molecule has 116 valence electrons. The summed E-state index contributed by atoms with van der Waals surface area (Å²) in [7, 11) is 0. The topological polar surface area (TPSA) is 99.2 Å². The molecule has 0 aliphatic carbocycles. The summed E-state index contributed by atoms with van der Waals surface area (Å²) in [5, 5.41) is 11.8. The first kappa shape index (κ1) is 16.0. The van der Waals surface area contributed by atoms with E-state index in [0.29, 0.717) is 37.2 Å². The van der Waals surface area contributed by atoms with Gasteiger partial charge in [-0.3, -0.25) is 14.5 Å². The number of likely N-dealkylation sites (tertiary alicyclic amines) is 1. The Morgan fingerprint density at radius 1 is 1.36 bits per heavy atom. The number of hydrogen-bond donors (Lipinski definition) is 2. The number of primary amides is 1. The van der Waals surface area contributed by atoms with E-state index in [9.17, 15) is 9.59 Å². The number of carbonyl (C=O) groups is 2. The number of carbonyl (C=O) groups excluding carboxylic acids is 2. The lowest BCUT2D eigenvalue weighted by Crippen LogP contribution is -2.47. The number of anilines is 1. The summed E-state index contributed by atoms with van der Waals surface area (Å²) in [6.45, 7) is 3.17. The van der Waals surface area contributed by atoms with Crippen molar-refractivity contribution in [2.75, 3.05) is 18.4 Å². The molecule has 1 aliphatic heterocycles. The zero-order valence-electron chi connectivity index (χ0n) is 12.6. The average Bonchev–Trinajstić information content (AvgIpc) is 2.54. The Morgan fingerprint density at radius 3 is 2.59 bits per heavy atom. The second-order valence-corrected chi connectivity index (χ2v) is 5.54. The molecule has 1 heterocycles. The van der Waals surface area contributed by atoms with E-state index in [1.54, 1.807) is 24.3 Å². The monoisotopic (exact) mass is 300 g/mol. The molecule has 1 aromatic carbocycles. The van der Waals surface area contributed by atoms with E-state index in [0.717, 1.165) is 0 Å². The van der Waals surface area contributed by atoms with Gasteiger partial charge in [0.2, 0.25) is 11.8 Å². The summed E-state index contributed by atoms with van der Waals surface area (Å²) in [5.41, 5.74) is 6.28. The molecule has 6 nitrogen and oxygen atoms in total. The zero-order valence-corrected chi connectivity index (χ0v) is 12.6. The molecular formula is C16H20N4O2. The lowest BCUT2D eigenvalue weighted by atomic mass is 9.95. The van der Waals surface area contributed by atoms with Crippen LogP contribution in [0.5, 0.6) is 0 Å². The van der Waals surface area contributed by atoms with E-state index < -0.39 is 0 Å².